The van der Waals surface area contributed by atoms with Crippen LogP contribution in [0.3, 0.4) is 0 Å². The summed E-state index contributed by atoms with van der Waals surface area (Å²) in [7, 11) is 3.38. The van der Waals surface area contributed by atoms with Crippen LogP contribution in [0.5, 0.6) is 0 Å². The van der Waals surface area contributed by atoms with Gasteiger partial charge in [0.15, 0.2) is 0 Å². The summed E-state index contributed by atoms with van der Waals surface area (Å²) in [5, 5.41) is 6.96. The van der Waals surface area contributed by atoms with E-state index in [9.17, 15) is 4.79 Å². The molecular formula is C10H17N3O2. The van der Waals surface area contributed by atoms with Crippen LogP contribution in [0.4, 0.5) is 0 Å². The van der Waals surface area contributed by atoms with Crippen molar-refractivity contribution in [3.63, 3.8) is 0 Å². The van der Waals surface area contributed by atoms with Gasteiger partial charge in [-0.3, -0.25) is 9.48 Å². The fourth-order valence-electron chi connectivity index (χ4n) is 1.43. The fraction of sp³-hybridized carbons (Fsp3) is 0.600. The maximum Gasteiger partial charge on any atom is 0.246 e. The van der Waals surface area contributed by atoms with Crippen LogP contribution < -0.4 is 5.32 Å². The van der Waals surface area contributed by atoms with Gasteiger partial charge in [-0.25, -0.2) is 0 Å². The lowest BCUT2D eigenvalue weighted by molar-refractivity contribution is -0.125. The van der Waals surface area contributed by atoms with Crippen LogP contribution >= 0.6 is 0 Å². The van der Waals surface area contributed by atoms with E-state index in [4.69, 9.17) is 4.74 Å². The van der Waals surface area contributed by atoms with Crippen molar-refractivity contribution < 1.29 is 9.53 Å². The number of rotatable bonds is 4. The van der Waals surface area contributed by atoms with Gasteiger partial charge in [-0.1, -0.05) is 0 Å². The number of amides is 1. The lowest BCUT2D eigenvalue weighted by Crippen LogP contribution is -2.30. The number of nitrogens with one attached hydrogen (secondary N) is 1. The van der Waals surface area contributed by atoms with Gasteiger partial charge in [0.25, 0.3) is 0 Å². The third-order valence-corrected chi connectivity index (χ3v) is 2.39. The predicted molar refractivity (Wildman–Crippen MR) is 56.4 cm³/mol. The van der Waals surface area contributed by atoms with Gasteiger partial charge in [0.2, 0.25) is 5.91 Å². The molecule has 0 spiro atoms. The topological polar surface area (TPSA) is 56.1 Å². The van der Waals surface area contributed by atoms with Gasteiger partial charge in [-0.2, -0.15) is 5.10 Å². The van der Waals surface area contributed by atoms with Gasteiger partial charge in [-0.05, 0) is 13.8 Å². The largest absolute Gasteiger partial charge is 0.375 e. The fourth-order valence-corrected chi connectivity index (χ4v) is 1.43. The molecule has 1 heterocycles. The Bertz CT molecular complexity index is 346. The Hall–Kier alpha value is -1.36. The van der Waals surface area contributed by atoms with Crippen molar-refractivity contribution in [1.29, 1.82) is 0 Å². The molecule has 0 saturated heterocycles. The average Bonchev–Trinajstić information content (AvgIpc) is 2.48. The van der Waals surface area contributed by atoms with Crippen molar-refractivity contribution in [1.82, 2.24) is 15.1 Å². The van der Waals surface area contributed by atoms with Crippen molar-refractivity contribution >= 4 is 5.91 Å². The highest BCUT2D eigenvalue weighted by molar-refractivity contribution is 5.77. The number of nitrogens with zero attached hydrogens (tertiary/aromatic N) is 2. The molecule has 1 rings (SSSR count). The summed E-state index contributed by atoms with van der Waals surface area (Å²) < 4.78 is 6.53. The molecule has 1 atom stereocenters. The molecule has 0 fully saturated rings. The first kappa shape index (κ1) is 11.7. The van der Waals surface area contributed by atoms with E-state index in [1.54, 1.807) is 10.9 Å². The first-order valence-electron chi connectivity index (χ1n) is 4.83. The standard InChI is InChI=1S/C10H17N3O2/c1-7(12-10(14)6-15-4)9-5-11-13(3)8(9)2/h5,7H,6H2,1-4H3,(H,12,14). The third-order valence-electron chi connectivity index (χ3n) is 2.39. The second kappa shape index (κ2) is 4.93. The number of carbonyl (C=O) groups excluding carboxylic acids is 1. The zero-order chi connectivity index (χ0) is 11.4. The van der Waals surface area contributed by atoms with Gasteiger partial charge in [0, 0.05) is 25.4 Å². The minimum absolute atomic E-state index is 0.0404. The molecule has 1 aromatic heterocycles. The van der Waals surface area contributed by atoms with E-state index in [0.29, 0.717) is 0 Å². The number of hydrogen-bond donors (Lipinski definition) is 1. The maximum absolute atomic E-state index is 11.3. The summed E-state index contributed by atoms with van der Waals surface area (Å²) in [5.74, 6) is -0.117. The molecule has 1 amide bonds. The molecule has 5 nitrogen and oxygen atoms in total. The van der Waals surface area contributed by atoms with Crippen molar-refractivity contribution in [3.05, 3.63) is 17.5 Å². The molecule has 0 aliphatic rings. The Balaban J connectivity index is 2.65. The molecule has 1 aromatic rings. The summed E-state index contributed by atoms with van der Waals surface area (Å²) in [5.41, 5.74) is 2.09. The zero-order valence-corrected chi connectivity index (χ0v) is 9.57. The quantitative estimate of drug-likeness (QED) is 0.791. The van der Waals surface area contributed by atoms with Crippen LogP contribution in [0.1, 0.15) is 24.2 Å². The van der Waals surface area contributed by atoms with Crippen LogP contribution in [0.25, 0.3) is 0 Å². The van der Waals surface area contributed by atoms with Gasteiger partial charge < -0.3 is 10.1 Å². The van der Waals surface area contributed by atoms with Crippen LogP contribution in [0.15, 0.2) is 6.20 Å². The van der Waals surface area contributed by atoms with E-state index in [1.807, 2.05) is 20.9 Å². The second-order valence-corrected chi connectivity index (χ2v) is 3.53. The Morgan fingerprint density at radius 1 is 1.73 bits per heavy atom. The van der Waals surface area contributed by atoms with Gasteiger partial charge in [0.1, 0.15) is 6.61 Å². The van der Waals surface area contributed by atoms with Gasteiger partial charge in [0.05, 0.1) is 12.2 Å². The summed E-state index contributed by atoms with van der Waals surface area (Å²) in [6.45, 7) is 3.99. The minimum Gasteiger partial charge on any atom is -0.375 e. The Morgan fingerprint density at radius 2 is 2.40 bits per heavy atom. The Kier molecular flexibility index (Phi) is 3.85. The summed E-state index contributed by atoms with van der Waals surface area (Å²) >= 11 is 0. The first-order valence-corrected chi connectivity index (χ1v) is 4.83. The lowest BCUT2D eigenvalue weighted by Gasteiger charge is -2.13. The van der Waals surface area contributed by atoms with Crippen LogP contribution in [-0.4, -0.2) is 29.4 Å². The van der Waals surface area contributed by atoms with Gasteiger partial charge in [-0.15, -0.1) is 0 Å². The third kappa shape index (κ3) is 2.79. The van der Waals surface area contributed by atoms with E-state index in [-0.39, 0.29) is 18.6 Å². The molecule has 0 bridgehead atoms. The highest BCUT2D eigenvalue weighted by Crippen LogP contribution is 2.15. The molecule has 0 radical (unpaired) electrons. The molecule has 15 heavy (non-hydrogen) atoms. The van der Waals surface area contributed by atoms with Crippen LogP contribution in [0, 0.1) is 6.92 Å². The van der Waals surface area contributed by atoms with Crippen molar-refractivity contribution in [2.24, 2.45) is 7.05 Å². The highest BCUT2D eigenvalue weighted by atomic mass is 16.5. The van der Waals surface area contributed by atoms with E-state index in [0.717, 1.165) is 11.3 Å². The molecule has 1 N–H and O–H groups in total. The second-order valence-electron chi connectivity index (χ2n) is 3.53. The van der Waals surface area contributed by atoms with Crippen molar-refractivity contribution in [2.45, 2.75) is 19.9 Å². The molecule has 5 heteroatoms. The van der Waals surface area contributed by atoms with E-state index in [2.05, 4.69) is 10.4 Å². The normalized spacial score (nSPS) is 12.5. The highest BCUT2D eigenvalue weighted by Gasteiger charge is 2.13. The van der Waals surface area contributed by atoms with Gasteiger partial charge >= 0.3 is 0 Å². The molecular weight excluding hydrogens is 194 g/mol. The molecule has 1 unspecified atom stereocenters. The summed E-state index contributed by atoms with van der Waals surface area (Å²) in [6.07, 6.45) is 1.77. The Morgan fingerprint density at radius 3 is 2.87 bits per heavy atom. The summed E-state index contributed by atoms with van der Waals surface area (Å²) in [6, 6.07) is -0.0404. The van der Waals surface area contributed by atoms with Crippen molar-refractivity contribution in [3.8, 4) is 0 Å². The monoisotopic (exact) mass is 211 g/mol. The van der Waals surface area contributed by atoms with E-state index < -0.39 is 0 Å². The number of aryl methyl sites for hydroxylation is 1. The molecule has 0 saturated carbocycles. The Labute approximate surface area is 89.4 Å². The number of methoxy groups -OCH3 is 1. The lowest BCUT2D eigenvalue weighted by atomic mass is 10.1. The molecule has 0 aliphatic carbocycles. The number of carbonyl (C=O) groups is 1. The smallest absolute Gasteiger partial charge is 0.246 e. The van der Waals surface area contributed by atoms with Crippen LogP contribution in [-0.2, 0) is 16.6 Å². The minimum atomic E-state index is -0.117. The first-order chi connectivity index (χ1) is 7.06. The number of hydrogen-bond acceptors (Lipinski definition) is 3. The van der Waals surface area contributed by atoms with E-state index in [1.165, 1.54) is 7.11 Å². The van der Waals surface area contributed by atoms with Crippen LogP contribution in [0.2, 0.25) is 0 Å². The zero-order valence-electron chi connectivity index (χ0n) is 9.57. The SMILES string of the molecule is COCC(=O)NC(C)c1cnn(C)c1C. The average molecular weight is 211 g/mol. The predicted octanol–water partition coefficient (Wildman–Crippen LogP) is 0.552. The number of ether oxygens (including phenoxy) is 1. The van der Waals surface area contributed by atoms with Crippen molar-refractivity contribution in [2.75, 3.05) is 13.7 Å². The van der Waals surface area contributed by atoms with E-state index >= 15 is 0 Å². The molecule has 0 aromatic carbocycles. The molecule has 84 valence electrons. The maximum atomic E-state index is 11.3. The molecule has 0 aliphatic heterocycles. The number of aromatic nitrogens is 2. The summed E-state index contributed by atoms with van der Waals surface area (Å²) in [4.78, 5) is 11.3.